The van der Waals surface area contributed by atoms with Gasteiger partial charge in [0, 0.05) is 57.9 Å². The number of hydrogen-bond donors (Lipinski definition) is 0. The van der Waals surface area contributed by atoms with E-state index >= 15 is 0 Å². The van der Waals surface area contributed by atoms with E-state index in [1.807, 2.05) is 37.3 Å². The van der Waals surface area contributed by atoms with Gasteiger partial charge in [0.25, 0.3) is 0 Å². The monoisotopic (exact) mass is 741 g/mol. The highest BCUT2D eigenvalue weighted by Gasteiger charge is 2.50. The lowest BCUT2D eigenvalue weighted by molar-refractivity contribution is -0.119. The molecular weight excluding hydrogens is 697 g/mol. The van der Waals surface area contributed by atoms with E-state index in [0.29, 0.717) is 48.6 Å². The first-order chi connectivity index (χ1) is 21.4. The number of Topliss-reactive ketones (excluding diaryl/α,β-unsaturated/α-hetero) is 2. The van der Waals surface area contributed by atoms with Crippen molar-refractivity contribution >= 4 is 45.8 Å². The Kier molecular flexibility index (Phi) is 9.21. The molecule has 3 aliphatic carbocycles. The highest BCUT2D eigenvalue weighted by molar-refractivity contribution is 14.1. The van der Waals surface area contributed by atoms with Gasteiger partial charge in [-0.05, 0) is 89.8 Å². The van der Waals surface area contributed by atoms with Crippen LogP contribution in [0.1, 0.15) is 109 Å². The zero-order valence-electron chi connectivity index (χ0n) is 27.2. The summed E-state index contributed by atoms with van der Waals surface area (Å²) < 4.78 is 13.4. The number of nitrogens with zero attached hydrogens (tertiary/aromatic N) is 1. The normalized spacial score (nSPS) is 22.0. The van der Waals surface area contributed by atoms with Crippen molar-refractivity contribution in [1.82, 2.24) is 4.90 Å². The molecule has 0 atom stereocenters. The quantitative estimate of drug-likeness (QED) is 0.265. The Morgan fingerprint density at radius 1 is 0.867 bits per heavy atom. The summed E-state index contributed by atoms with van der Waals surface area (Å²) in [6.07, 6.45) is 8.48. The lowest BCUT2D eigenvalue weighted by atomic mass is 9.63. The van der Waals surface area contributed by atoms with Gasteiger partial charge in [0.2, 0.25) is 0 Å². The van der Waals surface area contributed by atoms with E-state index in [-0.39, 0.29) is 22.4 Å². The van der Waals surface area contributed by atoms with Crippen molar-refractivity contribution in [2.45, 2.75) is 111 Å². The van der Waals surface area contributed by atoms with Gasteiger partial charge in [0.05, 0.1) is 10.2 Å². The fraction of sp³-hybridized carbons (Fsp3) is 0.526. The van der Waals surface area contributed by atoms with Gasteiger partial charge < -0.3 is 14.4 Å². The zero-order chi connectivity index (χ0) is 32.1. The third-order valence-corrected chi connectivity index (χ3v) is 11.1. The van der Waals surface area contributed by atoms with Gasteiger partial charge in [0.1, 0.15) is 6.61 Å². The summed E-state index contributed by atoms with van der Waals surface area (Å²) in [5.41, 5.74) is 5.52. The summed E-state index contributed by atoms with van der Waals surface area (Å²) in [6, 6.07) is 12.1. The van der Waals surface area contributed by atoms with Gasteiger partial charge in [-0.15, -0.1) is 0 Å². The second-order valence-corrected chi connectivity index (χ2v) is 16.4. The number of allylic oxidation sites excluding steroid dienone is 4. The Morgan fingerprint density at radius 2 is 1.47 bits per heavy atom. The third kappa shape index (κ3) is 6.47. The summed E-state index contributed by atoms with van der Waals surface area (Å²) in [4.78, 5) is 31.2. The van der Waals surface area contributed by atoms with Gasteiger partial charge in [-0.2, -0.15) is 0 Å². The molecule has 45 heavy (non-hydrogen) atoms. The fourth-order valence-corrected chi connectivity index (χ4v) is 9.00. The molecule has 0 N–H and O–H groups in total. The van der Waals surface area contributed by atoms with Crippen LogP contribution in [0.15, 0.2) is 58.9 Å². The Bertz CT molecular complexity index is 1530. The summed E-state index contributed by atoms with van der Waals surface area (Å²) in [5.74, 6) is 1.20. The second kappa shape index (κ2) is 12.7. The SMILES string of the molecule is CCOc1cc(C2C3=C(CC(C)(C)CC3=O)N(C3CCCCC3)C3=C2C(=O)CC(C)(C)C3)cc(I)c1OCc1ccccc1Cl. The van der Waals surface area contributed by atoms with E-state index in [2.05, 4.69) is 61.3 Å². The summed E-state index contributed by atoms with van der Waals surface area (Å²) in [7, 11) is 0. The molecule has 7 heteroatoms. The number of ether oxygens (including phenoxy) is 2. The molecule has 2 aromatic rings. The van der Waals surface area contributed by atoms with E-state index in [9.17, 15) is 9.59 Å². The van der Waals surface area contributed by atoms with Crippen LogP contribution in [0, 0.1) is 14.4 Å². The van der Waals surface area contributed by atoms with Gasteiger partial charge in [-0.25, -0.2) is 0 Å². The molecule has 1 aliphatic heterocycles. The van der Waals surface area contributed by atoms with Crippen molar-refractivity contribution in [2.75, 3.05) is 6.61 Å². The van der Waals surface area contributed by atoms with Crippen LogP contribution < -0.4 is 9.47 Å². The lowest BCUT2D eigenvalue weighted by Gasteiger charge is -2.52. The molecular formula is C38H45ClINO4. The molecule has 2 aromatic carbocycles. The smallest absolute Gasteiger partial charge is 0.174 e. The average Bonchev–Trinajstić information content (AvgIpc) is 2.96. The minimum absolute atomic E-state index is 0.138. The standard InChI is InChI=1S/C38H45ClINO4/c1-6-44-32-17-24(16-27(40)36(32)45-22-23-12-10-11-15-26(23)39)33-34-28(18-37(2,3)20-30(34)42)41(25-13-8-7-9-14-25)29-19-38(4,5)21-31(43)35(29)33/h10-12,15-17,25,33H,6-9,13-14,18-22H2,1-5H3. The minimum Gasteiger partial charge on any atom is -0.490 e. The van der Waals surface area contributed by atoms with Crippen LogP contribution in [0.2, 0.25) is 5.02 Å². The number of carbonyl (C=O) groups is 2. The first-order valence-electron chi connectivity index (χ1n) is 16.5. The Morgan fingerprint density at radius 3 is 2.04 bits per heavy atom. The number of halogens is 2. The molecule has 5 nitrogen and oxygen atoms in total. The maximum absolute atomic E-state index is 14.3. The fourth-order valence-electron chi connectivity index (χ4n) is 8.03. The van der Waals surface area contributed by atoms with Crippen LogP contribution in [0.3, 0.4) is 0 Å². The lowest BCUT2D eigenvalue weighted by Crippen LogP contribution is -2.48. The van der Waals surface area contributed by atoms with Crippen molar-refractivity contribution in [3.05, 3.63) is 78.7 Å². The topological polar surface area (TPSA) is 55.8 Å². The molecule has 240 valence electrons. The molecule has 1 fully saturated rings. The number of rotatable bonds is 7. The molecule has 0 unspecified atom stereocenters. The third-order valence-electron chi connectivity index (χ3n) is 9.89. The molecule has 0 bridgehead atoms. The molecule has 4 aliphatic rings. The van der Waals surface area contributed by atoms with E-state index in [4.69, 9.17) is 21.1 Å². The van der Waals surface area contributed by atoms with E-state index < -0.39 is 5.92 Å². The molecule has 6 rings (SSSR count). The first-order valence-corrected chi connectivity index (χ1v) is 18.0. The predicted molar refractivity (Wildman–Crippen MR) is 188 cm³/mol. The van der Waals surface area contributed by atoms with Crippen molar-refractivity contribution in [3.63, 3.8) is 0 Å². The van der Waals surface area contributed by atoms with Crippen molar-refractivity contribution in [1.29, 1.82) is 0 Å². The van der Waals surface area contributed by atoms with Crippen molar-refractivity contribution in [3.8, 4) is 11.5 Å². The predicted octanol–water partition coefficient (Wildman–Crippen LogP) is 9.94. The first kappa shape index (κ1) is 32.6. The second-order valence-electron chi connectivity index (χ2n) is 14.8. The zero-order valence-corrected chi connectivity index (χ0v) is 30.1. The molecule has 0 aromatic heterocycles. The highest BCUT2D eigenvalue weighted by Crippen LogP contribution is 2.56. The minimum atomic E-state index is -0.410. The maximum atomic E-state index is 14.3. The number of carbonyl (C=O) groups excluding carboxylic acids is 2. The van der Waals surface area contributed by atoms with E-state index in [1.165, 1.54) is 19.3 Å². The van der Waals surface area contributed by atoms with Gasteiger partial charge in [-0.3, -0.25) is 9.59 Å². The average molecular weight is 742 g/mol. The van der Waals surface area contributed by atoms with Crippen LogP contribution >= 0.6 is 34.2 Å². The van der Waals surface area contributed by atoms with Crippen molar-refractivity contribution < 1.29 is 19.1 Å². The molecule has 0 spiro atoms. The Hall–Kier alpha value is -2.32. The maximum Gasteiger partial charge on any atom is 0.174 e. The van der Waals surface area contributed by atoms with E-state index in [1.54, 1.807) is 0 Å². The van der Waals surface area contributed by atoms with Gasteiger partial charge in [-0.1, -0.05) is 76.8 Å². The highest BCUT2D eigenvalue weighted by atomic mass is 127. The number of benzene rings is 2. The summed E-state index contributed by atoms with van der Waals surface area (Å²) in [5, 5.41) is 0.656. The van der Waals surface area contributed by atoms with Crippen molar-refractivity contribution in [2.24, 2.45) is 10.8 Å². The van der Waals surface area contributed by atoms with Crippen LogP contribution in [0.25, 0.3) is 0 Å². The summed E-state index contributed by atoms with van der Waals surface area (Å²) >= 11 is 8.74. The Balaban J connectivity index is 1.52. The summed E-state index contributed by atoms with van der Waals surface area (Å²) in [6.45, 7) is 11.6. The number of hydrogen-bond acceptors (Lipinski definition) is 5. The van der Waals surface area contributed by atoms with Crippen LogP contribution in [0.5, 0.6) is 11.5 Å². The molecule has 1 heterocycles. The number of ketones is 2. The van der Waals surface area contributed by atoms with Gasteiger partial charge >= 0.3 is 0 Å². The van der Waals surface area contributed by atoms with Crippen LogP contribution in [-0.2, 0) is 16.2 Å². The molecule has 0 saturated heterocycles. The van der Waals surface area contributed by atoms with Crippen LogP contribution in [0.4, 0.5) is 0 Å². The molecule has 0 amide bonds. The van der Waals surface area contributed by atoms with Crippen LogP contribution in [-0.4, -0.2) is 29.1 Å². The Labute approximate surface area is 286 Å². The molecule has 1 saturated carbocycles. The van der Waals surface area contributed by atoms with Gasteiger partial charge in [0.15, 0.2) is 23.1 Å². The van der Waals surface area contributed by atoms with E-state index in [0.717, 1.165) is 62.9 Å². The molecule has 0 radical (unpaired) electrons. The largest absolute Gasteiger partial charge is 0.490 e.